The van der Waals surface area contributed by atoms with Crippen LogP contribution in [0.4, 0.5) is 0 Å². The Morgan fingerprint density at radius 1 is 1.45 bits per heavy atom. The minimum atomic E-state index is -0.0602. The van der Waals surface area contributed by atoms with Gasteiger partial charge >= 0.3 is 0 Å². The minimum Gasteiger partial charge on any atom is -0.388 e. The van der Waals surface area contributed by atoms with Gasteiger partial charge in [-0.15, -0.1) is 0 Å². The quantitative estimate of drug-likeness (QED) is 0.815. The van der Waals surface area contributed by atoms with Crippen LogP contribution in [0, 0.1) is 0 Å². The van der Waals surface area contributed by atoms with Gasteiger partial charge in [0.05, 0.1) is 28.0 Å². The first-order chi connectivity index (χ1) is 10.6. The van der Waals surface area contributed by atoms with Crippen LogP contribution in [0.15, 0.2) is 24.5 Å². The number of nitrogens with two attached hydrogens (primary N) is 1. The highest BCUT2D eigenvalue weighted by Crippen LogP contribution is 2.41. The fourth-order valence-electron chi connectivity index (χ4n) is 3.42. The number of nitrogens with zero attached hydrogens (tertiary/aromatic N) is 3. The fourth-order valence-corrected chi connectivity index (χ4v) is 3.83. The summed E-state index contributed by atoms with van der Waals surface area (Å²) in [7, 11) is 0. The molecule has 2 N–H and O–H groups in total. The molecule has 2 aliphatic heterocycles. The molecule has 0 saturated carbocycles. The second-order valence-corrected chi connectivity index (χ2v) is 6.35. The Hall–Kier alpha value is -1.92. The van der Waals surface area contributed by atoms with E-state index in [0.29, 0.717) is 22.8 Å². The first-order valence-corrected chi connectivity index (χ1v) is 7.85. The molecule has 1 atom stereocenters. The molecule has 1 fully saturated rings. The van der Waals surface area contributed by atoms with Crippen molar-refractivity contribution in [3.63, 3.8) is 0 Å². The molecule has 1 amide bonds. The molecule has 0 radical (unpaired) electrons. The van der Waals surface area contributed by atoms with Gasteiger partial charge in [0.25, 0.3) is 5.91 Å². The number of fused-ring (bicyclic) bond motifs is 5. The van der Waals surface area contributed by atoms with Gasteiger partial charge in [0.15, 0.2) is 0 Å². The number of benzene rings is 1. The molecule has 22 heavy (non-hydrogen) atoms. The second-order valence-electron chi connectivity index (χ2n) is 5.50. The topological polar surface area (TPSA) is 64.2 Å². The molecule has 3 heterocycles. The maximum absolute atomic E-state index is 12.9. The van der Waals surface area contributed by atoms with Gasteiger partial charge < -0.3 is 10.6 Å². The van der Waals surface area contributed by atoms with Crippen molar-refractivity contribution < 1.29 is 4.79 Å². The molecule has 0 unspecified atom stereocenters. The van der Waals surface area contributed by atoms with Gasteiger partial charge in [-0.1, -0.05) is 29.9 Å². The average molecular weight is 333 g/mol. The lowest BCUT2D eigenvalue weighted by Crippen LogP contribution is -2.30. The number of amides is 1. The van der Waals surface area contributed by atoms with Crippen LogP contribution in [0.3, 0.4) is 0 Å². The molecule has 2 aromatic rings. The van der Waals surface area contributed by atoms with Crippen molar-refractivity contribution in [1.82, 2.24) is 14.5 Å². The van der Waals surface area contributed by atoms with E-state index in [0.717, 1.165) is 24.2 Å². The molecule has 0 spiro atoms. The number of carbonyl (C=O) groups excluding carboxylic acids is 1. The van der Waals surface area contributed by atoms with E-state index in [1.165, 1.54) is 0 Å². The molecule has 1 aromatic carbocycles. The van der Waals surface area contributed by atoms with E-state index in [4.69, 9.17) is 29.6 Å². The van der Waals surface area contributed by atoms with Crippen molar-refractivity contribution in [2.24, 2.45) is 5.73 Å². The zero-order chi connectivity index (χ0) is 15.4. The normalized spacial score (nSPS) is 19.4. The van der Waals surface area contributed by atoms with Crippen LogP contribution in [0.2, 0.25) is 5.02 Å². The number of imidazole rings is 1. The monoisotopic (exact) mass is 332 g/mol. The van der Waals surface area contributed by atoms with E-state index in [-0.39, 0.29) is 16.9 Å². The molecule has 0 bridgehead atoms. The summed E-state index contributed by atoms with van der Waals surface area (Å²) in [6, 6.07) is 5.37. The SMILES string of the molecule is NC(=S)c1ncn2c1[C@@H]1CCCN1C(=O)c1c(Cl)cccc1-2. The zero-order valence-corrected chi connectivity index (χ0v) is 13.2. The van der Waals surface area contributed by atoms with Gasteiger partial charge in [-0.2, -0.15) is 0 Å². The van der Waals surface area contributed by atoms with Crippen molar-refractivity contribution in [3.8, 4) is 5.69 Å². The molecule has 7 heteroatoms. The summed E-state index contributed by atoms with van der Waals surface area (Å²) in [6.07, 6.45) is 3.49. The van der Waals surface area contributed by atoms with Crippen molar-refractivity contribution >= 4 is 34.7 Å². The van der Waals surface area contributed by atoms with Gasteiger partial charge in [-0.05, 0) is 25.0 Å². The summed E-state index contributed by atoms with van der Waals surface area (Å²) >= 11 is 11.4. The fraction of sp³-hybridized carbons (Fsp3) is 0.267. The molecule has 0 aliphatic carbocycles. The van der Waals surface area contributed by atoms with E-state index in [1.807, 2.05) is 21.6 Å². The van der Waals surface area contributed by atoms with Crippen LogP contribution in [-0.2, 0) is 0 Å². The largest absolute Gasteiger partial charge is 0.388 e. The third-order valence-electron chi connectivity index (χ3n) is 4.33. The summed E-state index contributed by atoms with van der Waals surface area (Å²) in [5, 5.41) is 0.451. The first-order valence-electron chi connectivity index (χ1n) is 7.06. The summed E-state index contributed by atoms with van der Waals surface area (Å²) in [5.41, 5.74) is 8.55. The van der Waals surface area contributed by atoms with E-state index >= 15 is 0 Å². The molecule has 2 aliphatic rings. The van der Waals surface area contributed by atoms with E-state index in [1.54, 1.807) is 12.4 Å². The van der Waals surface area contributed by atoms with E-state index in [9.17, 15) is 4.79 Å². The average Bonchev–Trinajstić information content (AvgIpc) is 3.10. The number of thiocarbonyl (C=S) groups is 1. The predicted octanol–water partition coefficient (Wildman–Crippen LogP) is 2.45. The van der Waals surface area contributed by atoms with Gasteiger partial charge in [0, 0.05) is 6.54 Å². The number of hydrogen-bond donors (Lipinski definition) is 1. The van der Waals surface area contributed by atoms with Crippen molar-refractivity contribution in [3.05, 3.63) is 46.5 Å². The van der Waals surface area contributed by atoms with Crippen LogP contribution >= 0.6 is 23.8 Å². The smallest absolute Gasteiger partial charge is 0.258 e. The molecular formula is C15H13ClN4OS. The van der Waals surface area contributed by atoms with E-state index in [2.05, 4.69) is 4.98 Å². The van der Waals surface area contributed by atoms with Gasteiger partial charge in [-0.3, -0.25) is 9.36 Å². The van der Waals surface area contributed by atoms with Crippen molar-refractivity contribution in [1.29, 1.82) is 0 Å². The lowest BCUT2D eigenvalue weighted by molar-refractivity contribution is 0.0739. The summed E-state index contributed by atoms with van der Waals surface area (Å²) in [4.78, 5) is 19.4. The van der Waals surface area contributed by atoms with Crippen LogP contribution in [-0.4, -0.2) is 31.9 Å². The molecule has 1 aromatic heterocycles. The minimum absolute atomic E-state index is 0.0410. The first kappa shape index (κ1) is 13.7. The Morgan fingerprint density at radius 3 is 3.05 bits per heavy atom. The predicted molar refractivity (Wildman–Crippen MR) is 87.5 cm³/mol. The lowest BCUT2D eigenvalue weighted by Gasteiger charge is -2.23. The molecular weight excluding hydrogens is 320 g/mol. The highest BCUT2D eigenvalue weighted by Gasteiger charge is 2.39. The summed E-state index contributed by atoms with van der Waals surface area (Å²) < 4.78 is 1.91. The van der Waals surface area contributed by atoms with Gasteiger partial charge in [0.1, 0.15) is 17.0 Å². The Labute approximate surface area is 137 Å². The lowest BCUT2D eigenvalue weighted by atomic mass is 10.1. The Morgan fingerprint density at radius 2 is 2.27 bits per heavy atom. The standard InChI is InChI=1S/C15H13ClN4OS/c16-8-3-1-4-9-11(8)15(21)19-6-2-5-10(19)13-12(14(17)22)18-7-20(9)13/h1,3-4,7,10H,2,5-6H2,(H2,17,22)/t10-/m0/s1. The van der Waals surface area contributed by atoms with Crippen LogP contribution in [0.5, 0.6) is 0 Å². The zero-order valence-electron chi connectivity index (χ0n) is 11.6. The Kier molecular flexibility index (Phi) is 2.99. The summed E-state index contributed by atoms with van der Waals surface area (Å²) in [5.74, 6) is -0.0410. The third kappa shape index (κ3) is 1.74. The molecule has 5 nitrogen and oxygen atoms in total. The third-order valence-corrected chi connectivity index (χ3v) is 4.84. The van der Waals surface area contributed by atoms with Crippen LogP contribution in [0.1, 0.15) is 40.6 Å². The number of aromatic nitrogens is 2. The summed E-state index contributed by atoms with van der Waals surface area (Å²) in [6.45, 7) is 0.704. The maximum Gasteiger partial charge on any atom is 0.258 e. The van der Waals surface area contributed by atoms with Crippen molar-refractivity contribution in [2.45, 2.75) is 18.9 Å². The van der Waals surface area contributed by atoms with Crippen LogP contribution in [0.25, 0.3) is 5.69 Å². The number of rotatable bonds is 1. The second kappa shape index (κ2) is 4.79. The molecule has 112 valence electrons. The number of halogens is 1. The molecule has 4 rings (SSSR count). The van der Waals surface area contributed by atoms with Gasteiger partial charge in [0.2, 0.25) is 0 Å². The maximum atomic E-state index is 12.9. The highest BCUT2D eigenvalue weighted by atomic mass is 35.5. The van der Waals surface area contributed by atoms with Gasteiger partial charge in [-0.25, -0.2) is 4.98 Å². The van der Waals surface area contributed by atoms with Crippen LogP contribution < -0.4 is 5.73 Å². The highest BCUT2D eigenvalue weighted by molar-refractivity contribution is 7.80. The molecule has 1 saturated heterocycles. The van der Waals surface area contributed by atoms with Crippen molar-refractivity contribution in [2.75, 3.05) is 6.54 Å². The Balaban J connectivity index is 2.08. The number of carbonyl (C=O) groups is 1. The Bertz CT molecular complexity index is 816. The van der Waals surface area contributed by atoms with E-state index < -0.39 is 0 Å². The number of hydrogen-bond acceptors (Lipinski definition) is 3.